The highest BCUT2D eigenvalue weighted by atomic mass is 32.1. The summed E-state index contributed by atoms with van der Waals surface area (Å²) in [6.45, 7) is 0. The Morgan fingerprint density at radius 3 is 3.00 bits per heavy atom. The molecule has 1 aromatic heterocycles. The molecule has 6 N–H and O–H groups in total. The largest absolute Gasteiger partial charge is 0.339 e. The number of nitrogens with one attached hydrogen (secondary N) is 2. The fraction of sp³-hybridized carbons (Fsp3) is 0.200. The molecule has 8 heteroatoms. The van der Waals surface area contributed by atoms with Gasteiger partial charge in [0.05, 0.1) is 6.33 Å². The highest BCUT2D eigenvalue weighted by Crippen LogP contribution is 2.24. The van der Waals surface area contributed by atoms with Crippen LogP contribution in [0, 0.1) is 0 Å². The number of rotatable bonds is 0. The van der Waals surface area contributed by atoms with E-state index in [2.05, 4.69) is 28.1 Å². The summed E-state index contributed by atoms with van der Waals surface area (Å²) in [6, 6.07) is 0. The molecule has 0 saturated carbocycles. The maximum absolute atomic E-state index is 11.3. The quantitative estimate of drug-likeness (QED) is 0.254. The predicted octanol–water partition coefficient (Wildman–Crippen LogP) is -1.67. The minimum atomic E-state index is -1.51. The minimum Gasteiger partial charge on any atom is -0.339 e. The number of carbonyl (C=O) groups is 1. The van der Waals surface area contributed by atoms with Gasteiger partial charge in [-0.25, -0.2) is 4.98 Å². The molecule has 0 aliphatic carbocycles. The summed E-state index contributed by atoms with van der Waals surface area (Å²) in [4.78, 5) is 17.8. The van der Waals surface area contributed by atoms with Crippen LogP contribution in [0.2, 0.25) is 0 Å². The third kappa shape index (κ3) is 1.07. The van der Waals surface area contributed by atoms with Gasteiger partial charge in [-0.05, 0) is 0 Å². The molecule has 2 rings (SSSR count). The van der Waals surface area contributed by atoms with Gasteiger partial charge < -0.3 is 10.3 Å². The number of carbonyl (C=O) groups excluding carboxylic acids is 1. The molecule has 1 aromatic rings. The van der Waals surface area contributed by atoms with Crippen LogP contribution in [0.5, 0.6) is 0 Å². The first-order valence-corrected chi connectivity index (χ1v) is 3.85. The number of aromatic amines is 1. The number of anilines is 1. The Morgan fingerprint density at radius 1 is 1.62 bits per heavy atom. The molecule has 0 bridgehead atoms. The molecule has 7 nitrogen and oxygen atoms in total. The maximum Gasteiger partial charge on any atom is 0.275 e. The molecule has 0 fully saturated rings. The van der Waals surface area contributed by atoms with E-state index >= 15 is 0 Å². The molecule has 2 heterocycles. The number of hydrogen-bond donors (Lipinski definition) is 5. The average Bonchev–Trinajstić information content (AvgIpc) is 2.47. The molecule has 0 spiro atoms. The van der Waals surface area contributed by atoms with E-state index in [1.165, 1.54) is 10.6 Å². The second kappa shape index (κ2) is 2.37. The van der Waals surface area contributed by atoms with E-state index < -0.39 is 11.8 Å². The predicted molar refractivity (Wildman–Crippen MR) is 48.6 cm³/mol. The normalized spacial score (nSPS) is 19.6. The first-order valence-electron chi connectivity index (χ1n) is 3.45. The van der Waals surface area contributed by atoms with E-state index in [1.807, 2.05) is 0 Å². The van der Waals surface area contributed by atoms with Gasteiger partial charge >= 0.3 is 0 Å². The lowest BCUT2D eigenvalue weighted by Crippen LogP contribution is -2.73. The number of thiol groups is 1. The SMILES string of the molecule is NC1(N)NC(=O)c2[nH]cnc2N1S. The van der Waals surface area contributed by atoms with Crippen molar-refractivity contribution in [2.24, 2.45) is 11.5 Å². The Morgan fingerprint density at radius 2 is 2.31 bits per heavy atom. The Labute approximate surface area is 79.0 Å². The van der Waals surface area contributed by atoms with Crippen LogP contribution < -0.4 is 21.1 Å². The Kier molecular flexibility index (Phi) is 1.53. The van der Waals surface area contributed by atoms with Crippen molar-refractivity contribution >= 4 is 24.5 Å². The highest BCUT2D eigenvalue weighted by Gasteiger charge is 2.38. The molecule has 0 atom stereocenters. The molecule has 0 unspecified atom stereocenters. The van der Waals surface area contributed by atoms with Gasteiger partial charge in [0.1, 0.15) is 5.69 Å². The maximum atomic E-state index is 11.3. The number of imidazole rings is 1. The van der Waals surface area contributed by atoms with Gasteiger partial charge in [0, 0.05) is 0 Å². The highest BCUT2D eigenvalue weighted by molar-refractivity contribution is 7.81. The lowest BCUT2D eigenvalue weighted by atomic mass is 10.3. The molecular formula is C5H8N6OS. The standard InChI is InChI=1S/C5H8N6OS/c6-5(7)10-4(12)2-3(11(5)13)9-1-8-2/h1,13H,6-7H2,(H,8,9)(H,10,12). The van der Waals surface area contributed by atoms with Crippen LogP contribution in [0.4, 0.5) is 5.82 Å². The van der Waals surface area contributed by atoms with E-state index in [9.17, 15) is 4.79 Å². The third-order valence-electron chi connectivity index (χ3n) is 1.71. The van der Waals surface area contributed by atoms with Gasteiger partial charge in [-0.2, -0.15) is 0 Å². The van der Waals surface area contributed by atoms with Gasteiger partial charge in [-0.15, -0.1) is 0 Å². The van der Waals surface area contributed by atoms with Crippen LogP contribution in [0.1, 0.15) is 10.5 Å². The first kappa shape index (κ1) is 8.35. The van der Waals surface area contributed by atoms with E-state index in [0.717, 1.165) is 0 Å². The van der Waals surface area contributed by atoms with Crippen LogP contribution in [0.25, 0.3) is 0 Å². The van der Waals surface area contributed by atoms with Gasteiger partial charge in [0.15, 0.2) is 5.82 Å². The molecule has 13 heavy (non-hydrogen) atoms. The lowest BCUT2D eigenvalue weighted by Gasteiger charge is -2.37. The van der Waals surface area contributed by atoms with Crippen LogP contribution in [-0.4, -0.2) is 21.8 Å². The summed E-state index contributed by atoms with van der Waals surface area (Å²) >= 11 is 4.01. The molecular weight excluding hydrogens is 192 g/mol. The van der Waals surface area contributed by atoms with Crippen molar-refractivity contribution in [1.82, 2.24) is 15.3 Å². The van der Waals surface area contributed by atoms with Gasteiger partial charge in [-0.3, -0.25) is 20.6 Å². The van der Waals surface area contributed by atoms with Crippen LogP contribution >= 0.6 is 12.8 Å². The van der Waals surface area contributed by atoms with Gasteiger partial charge in [-0.1, -0.05) is 12.8 Å². The van der Waals surface area contributed by atoms with Crippen LogP contribution in [0.15, 0.2) is 6.33 Å². The summed E-state index contributed by atoms with van der Waals surface area (Å²) in [5.74, 6) is -1.59. The summed E-state index contributed by atoms with van der Waals surface area (Å²) in [5.41, 5.74) is 11.3. The summed E-state index contributed by atoms with van der Waals surface area (Å²) in [7, 11) is 0. The van der Waals surface area contributed by atoms with Crippen molar-refractivity contribution in [1.29, 1.82) is 0 Å². The first-order chi connectivity index (χ1) is 6.02. The van der Waals surface area contributed by atoms with Crippen molar-refractivity contribution in [3.05, 3.63) is 12.0 Å². The molecule has 1 aliphatic heterocycles. The molecule has 0 aromatic carbocycles. The number of H-pyrrole nitrogens is 1. The fourth-order valence-electron chi connectivity index (χ4n) is 1.09. The number of nitrogens with two attached hydrogens (primary N) is 2. The summed E-state index contributed by atoms with van der Waals surface area (Å²) < 4.78 is 1.18. The Bertz CT molecular complexity index is 360. The van der Waals surface area contributed by atoms with Gasteiger partial charge in [0.25, 0.3) is 5.91 Å². The summed E-state index contributed by atoms with van der Waals surface area (Å²) in [5, 5.41) is 2.34. The zero-order valence-corrected chi connectivity index (χ0v) is 7.38. The smallest absolute Gasteiger partial charge is 0.275 e. The molecule has 0 saturated heterocycles. The van der Waals surface area contributed by atoms with Crippen molar-refractivity contribution in [3.8, 4) is 0 Å². The third-order valence-corrected chi connectivity index (χ3v) is 2.23. The molecule has 1 amide bonds. The van der Waals surface area contributed by atoms with Gasteiger partial charge in [0.2, 0.25) is 5.91 Å². The number of nitrogens with zero attached hydrogens (tertiary/aromatic N) is 2. The average molecular weight is 200 g/mol. The van der Waals surface area contributed by atoms with E-state index in [4.69, 9.17) is 11.5 Å². The fourth-order valence-corrected chi connectivity index (χ4v) is 1.29. The number of amides is 1. The Hall–Kier alpha value is -1.25. The number of aromatic nitrogens is 2. The van der Waals surface area contributed by atoms with Crippen LogP contribution in [-0.2, 0) is 0 Å². The second-order valence-corrected chi connectivity index (χ2v) is 3.09. The zero-order valence-electron chi connectivity index (χ0n) is 6.48. The minimum absolute atomic E-state index is 0.293. The lowest BCUT2D eigenvalue weighted by molar-refractivity contribution is 0.0892. The van der Waals surface area contributed by atoms with Crippen LogP contribution in [0.3, 0.4) is 0 Å². The molecule has 1 aliphatic rings. The van der Waals surface area contributed by atoms with Crippen molar-refractivity contribution in [2.45, 2.75) is 5.91 Å². The van der Waals surface area contributed by atoms with Crippen molar-refractivity contribution in [2.75, 3.05) is 4.31 Å². The zero-order chi connectivity index (χ0) is 9.64. The Balaban J connectivity index is 2.54. The number of fused-ring (bicyclic) bond motifs is 1. The molecule has 70 valence electrons. The van der Waals surface area contributed by atoms with Crippen molar-refractivity contribution in [3.63, 3.8) is 0 Å². The summed E-state index contributed by atoms with van der Waals surface area (Å²) in [6.07, 6.45) is 1.37. The monoisotopic (exact) mass is 200 g/mol. The van der Waals surface area contributed by atoms with E-state index in [1.54, 1.807) is 0 Å². The molecule has 0 radical (unpaired) electrons. The van der Waals surface area contributed by atoms with E-state index in [-0.39, 0.29) is 0 Å². The van der Waals surface area contributed by atoms with Crippen molar-refractivity contribution < 1.29 is 4.79 Å². The second-order valence-electron chi connectivity index (χ2n) is 2.69. The van der Waals surface area contributed by atoms with E-state index in [0.29, 0.717) is 11.5 Å². The number of hydrogen-bond acceptors (Lipinski definition) is 6. The topological polar surface area (TPSA) is 113 Å².